The molecule has 54 heavy (non-hydrogen) atoms. The highest BCUT2D eigenvalue weighted by Gasteiger charge is 2.24. The van der Waals surface area contributed by atoms with Crippen molar-refractivity contribution in [2.75, 3.05) is 0 Å². The summed E-state index contributed by atoms with van der Waals surface area (Å²) in [6, 6.07) is 64.6. The molecule has 0 fully saturated rings. The van der Waals surface area contributed by atoms with Crippen LogP contribution in [0.3, 0.4) is 0 Å². The molecule has 254 valence electrons. The highest BCUT2D eigenvalue weighted by molar-refractivity contribution is 6.20. The highest BCUT2D eigenvalue weighted by Crippen LogP contribution is 2.41. The summed E-state index contributed by atoms with van der Waals surface area (Å²) in [6.45, 7) is 0. The van der Waals surface area contributed by atoms with Gasteiger partial charge in [-0.15, -0.1) is 0 Å². The summed E-state index contributed by atoms with van der Waals surface area (Å²) < 4.78 is 9.12. The lowest BCUT2D eigenvalue weighted by Crippen LogP contribution is -2.24. The Morgan fingerprint density at radius 2 is 1.19 bits per heavy atom. The van der Waals surface area contributed by atoms with E-state index in [0.717, 1.165) is 66.8 Å². The van der Waals surface area contributed by atoms with Crippen LogP contribution in [-0.4, -0.2) is 10.3 Å². The molecule has 0 bridgehead atoms. The number of rotatable bonds is 5. The highest BCUT2D eigenvalue weighted by atomic mass is 16.3. The fraction of sp³-hybridized carbons (Fsp3) is 0.0200. The lowest BCUT2D eigenvalue weighted by atomic mass is 9.99. The summed E-state index contributed by atoms with van der Waals surface area (Å²) in [4.78, 5) is 5.36. The molecule has 1 N–H and O–H groups in total. The van der Waals surface area contributed by atoms with Gasteiger partial charge in [-0.25, -0.2) is 0 Å². The molecule has 1 aliphatic rings. The summed E-state index contributed by atoms with van der Waals surface area (Å²) in [5, 5.41) is 10.7. The molecule has 0 radical (unpaired) electrons. The van der Waals surface area contributed by atoms with E-state index >= 15 is 0 Å². The maximum Gasteiger partial charge on any atom is 0.145 e. The minimum Gasteiger partial charge on any atom is -0.456 e. The van der Waals surface area contributed by atoms with Gasteiger partial charge in [0.25, 0.3) is 0 Å². The Labute approximate surface area is 311 Å². The van der Waals surface area contributed by atoms with Crippen molar-refractivity contribution in [3.8, 4) is 16.8 Å². The van der Waals surface area contributed by atoms with E-state index in [1.54, 1.807) is 0 Å². The van der Waals surface area contributed by atoms with E-state index in [-0.39, 0.29) is 6.17 Å². The number of benzene rings is 8. The second kappa shape index (κ2) is 12.2. The Morgan fingerprint density at radius 3 is 2.00 bits per heavy atom. The Kier molecular flexibility index (Phi) is 6.89. The van der Waals surface area contributed by atoms with Crippen LogP contribution in [0.1, 0.15) is 22.9 Å². The third-order valence-corrected chi connectivity index (χ3v) is 10.8. The monoisotopic (exact) mass is 691 g/mol. The van der Waals surface area contributed by atoms with Gasteiger partial charge in [0.1, 0.15) is 17.3 Å². The first-order chi connectivity index (χ1) is 26.7. The molecule has 2 aromatic heterocycles. The molecule has 0 saturated heterocycles. The summed E-state index contributed by atoms with van der Waals surface area (Å²) in [5.41, 5.74) is 12.6. The molecule has 0 saturated carbocycles. The van der Waals surface area contributed by atoms with Crippen molar-refractivity contribution in [3.05, 3.63) is 205 Å². The summed E-state index contributed by atoms with van der Waals surface area (Å²) in [7, 11) is 0. The Morgan fingerprint density at radius 1 is 0.481 bits per heavy atom. The van der Waals surface area contributed by atoms with Crippen LogP contribution < -0.4 is 5.32 Å². The number of furan rings is 1. The van der Waals surface area contributed by atoms with Crippen LogP contribution in [0.25, 0.3) is 77.0 Å². The number of aliphatic imine (C=N–C) groups is 1. The van der Waals surface area contributed by atoms with Gasteiger partial charge >= 0.3 is 0 Å². The van der Waals surface area contributed by atoms with Crippen molar-refractivity contribution < 1.29 is 4.42 Å². The lowest BCUT2D eigenvalue weighted by Gasteiger charge is -2.25. The molecule has 4 nitrogen and oxygen atoms in total. The second-order valence-electron chi connectivity index (χ2n) is 14.0. The van der Waals surface area contributed by atoms with Gasteiger partial charge in [-0.05, 0) is 81.6 Å². The van der Waals surface area contributed by atoms with Crippen LogP contribution in [0.5, 0.6) is 0 Å². The number of fused-ring (bicyclic) bond motifs is 7. The molecule has 1 atom stereocenters. The first-order valence-corrected chi connectivity index (χ1v) is 18.4. The van der Waals surface area contributed by atoms with Crippen LogP contribution >= 0.6 is 0 Å². The predicted octanol–water partition coefficient (Wildman–Crippen LogP) is 12.6. The van der Waals surface area contributed by atoms with Gasteiger partial charge in [0.05, 0.1) is 27.8 Å². The molecule has 3 heterocycles. The zero-order chi connectivity index (χ0) is 35.6. The maximum absolute atomic E-state index is 6.69. The van der Waals surface area contributed by atoms with E-state index in [9.17, 15) is 0 Å². The Balaban J connectivity index is 1.19. The maximum atomic E-state index is 6.69. The van der Waals surface area contributed by atoms with E-state index in [1.807, 2.05) is 12.1 Å². The zero-order valence-electron chi connectivity index (χ0n) is 29.3. The smallest absolute Gasteiger partial charge is 0.145 e. The van der Waals surface area contributed by atoms with E-state index in [0.29, 0.717) is 0 Å². The van der Waals surface area contributed by atoms with E-state index < -0.39 is 0 Å². The quantitative estimate of drug-likeness (QED) is 0.195. The van der Waals surface area contributed by atoms with Crippen LogP contribution in [0.4, 0.5) is 0 Å². The normalized spacial score (nSPS) is 14.5. The Hall–Kier alpha value is -7.17. The van der Waals surface area contributed by atoms with Crippen molar-refractivity contribution >= 4 is 65.9 Å². The fourth-order valence-corrected chi connectivity index (χ4v) is 8.21. The average molecular weight is 692 g/mol. The van der Waals surface area contributed by atoms with E-state index in [1.165, 1.54) is 32.7 Å². The van der Waals surface area contributed by atoms with Gasteiger partial charge in [0.15, 0.2) is 0 Å². The molecule has 1 unspecified atom stereocenters. The summed E-state index contributed by atoms with van der Waals surface area (Å²) in [6.07, 6.45) is 1.92. The molecule has 11 rings (SSSR count). The van der Waals surface area contributed by atoms with Crippen molar-refractivity contribution in [1.82, 2.24) is 9.88 Å². The number of para-hydroxylation sites is 2. The summed E-state index contributed by atoms with van der Waals surface area (Å²) >= 11 is 0. The van der Waals surface area contributed by atoms with Crippen molar-refractivity contribution in [1.29, 1.82) is 0 Å². The average Bonchev–Trinajstić information content (AvgIpc) is 3.78. The van der Waals surface area contributed by atoms with Crippen LogP contribution in [-0.2, 0) is 0 Å². The minimum atomic E-state index is -0.253. The van der Waals surface area contributed by atoms with Crippen molar-refractivity contribution in [2.45, 2.75) is 6.17 Å². The molecule has 0 amide bonds. The van der Waals surface area contributed by atoms with Crippen LogP contribution in [0.2, 0.25) is 0 Å². The Bertz CT molecular complexity index is 3120. The third-order valence-electron chi connectivity index (χ3n) is 10.8. The molecule has 0 spiro atoms. The minimum absolute atomic E-state index is 0.253. The first-order valence-electron chi connectivity index (χ1n) is 18.4. The number of aromatic nitrogens is 1. The van der Waals surface area contributed by atoms with Crippen molar-refractivity contribution in [2.24, 2.45) is 4.99 Å². The van der Waals surface area contributed by atoms with Gasteiger partial charge in [0.2, 0.25) is 0 Å². The SMILES string of the molecule is C1=C(c2ccccc2)NC(c2ccccc2)N=C1c1cc(-n2c3ccccc3c3cc4cc(-c5ccccc5)ccc4cc32)c2c(c1)oc1ccccc12. The largest absolute Gasteiger partial charge is 0.456 e. The topological polar surface area (TPSA) is 42.5 Å². The first kappa shape index (κ1) is 30.5. The van der Waals surface area contributed by atoms with Gasteiger partial charge < -0.3 is 14.3 Å². The van der Waals surface area contributed by atoms with E-state index in [2.05, 4.69) is 186 Å². The van der Waals surface area contributed by atoms with Crippen LogP contribution in [0.15, 0.2) is 197 Å². The molecular weight excluding hydrogens is 659 g/mol. The second-order valence-corrected chi connectivity index (χ2v) is 14.0. The molecule has 8 aromatic carbocycles. The standard InChI is InChI=1S/C50H33N3O/c1-4-14-32(15-5-1)35-24-25-36-28-45-41(27-37(36)26-35)39-20-10-12-22-44(39)53(45)46-29-38(30-48-49(46)40-21-11-13-23-47(40)54-48)43-31-42(33-16-6-2-7-17-33)51-50(52-43)34-18-8-3-9-19-34/h1-31,50-51H. The molecule has 4 heteroatoms. The van der Waals surface area contributed by atoms with Crippen molar-refractivity contribution in [3.63, 3.8) is 0 Å². The lowest BCUT2D eigenvalue weighted by molar-refractivity contribution is 0.663. The van der Waals surface area contributed by atoms with Gasteiger partial charge in [-0.3, -0.25) is 4.99 Å². The molecule has 10 aromatic rings. The number of nitrogens with one attached hydrogen (secondary N) is 1. The van der Waals surface area contributed by atoms with Gasteiger partial charge in [-0.1, -0.05) is 140 Å². The number of nitrogens with zero attached hydrogens (tertiary/aromatic N) is 2. The van der Waals surface area contributed by atoms with Gasteiger partial charge in [0, 0.05) is 27.4 Å². The number of allylic oxidation sites excluding steroid dienone is 1. The summed E-state index contributed by atoms with van der Waals surface area (Å²) in [5.74, 6) is 0. The molecular formula is C50H33N3O. The fourth-order valence-electron chi connectivity index (χ4n) is 8.21. The number of hydrogen-bond acceptors (Lipinski definition) is 3. The zero-order valence-corrected chi connectivity index (χ0v) is 29.3. The third kappa shape index (κ3) is 4.96. The molecule has 1 aliphatic heterocycles. The van der Waals surface area contributed by atoms with E-state index in [4.69, 9.17) is 9.41 Å². The number of hydrogen-bond donors (Lipinski definition) is 1. The van der Waals surface area contributed by atoms with Crippen LogP contribution in [0, 0.1) is 0 Å². The predicted molar refractivity (Wildman–Crippen MR) is 224 cm³/mol. The van der Waals surface area contributed by atoms with Gasteiger partial charge in [-0.2, -0.15) is 0 Å². The molecule has 0 aliphatic carbocycles.